The summed E-state index contributed by atoms with van der Waals surface area (Å²) in [4.78, 5) is 12.2. The molecule has 0 saturated carbocycles. The van der Waals surface area contributed by atoms with Gasteiger partial charge >= 0.3 is 0 Å². The quantitative estimate of drug-likeness (QED) is 0.374. The minimum atomic E-state index is -0.842. The average molecular weight is 446 g/mol. The minimum absolute atomic E-state index is 0.0363. The standard InChI is InChI=1S/C21H20F2N4O3S/c1-3-10-27-19(12-30-16-7-5-15(29-2)6-8-16)25-26-21(27)31-13-20(28)24-18-9-4-14(22)11-17(18)23/h3-9,11H,1,10,12-13H2,2H3,(H,24,28). The first kappa shape index (κ1) is 22.3. The van der Waals surface area contributed by atoms with Gasteiger partial charge in [-0.05, 0) is 36.4 Å². The molecule has 7 nitrogen and oxygen atoms in total. The van der Waals surface area contributed by atoms with Crippen molar-refractivity contribution in [2.45, 2.75) is 18.3 Å². The maximum absolute atomic E-state index is 13.7. The van der Waals surface area contributed by atoms with Crippen molar-refractivity contribution in [3.8, 4) is 11.5 Å². The van der Waals surface area contributed by atoms with Gasteiger partial charge in [0.05, 0.1) is 18.6 Å². The van der Waals surface area contributed by atoms with Gasteiger partial charge < -0.3 is 14.8 Å². The predicted octanol–water partition coefficient (Wildman–Crippen LogP) is 4.06. The summed E-state index contributed by atoms with van der Waals surface area (Å²) in [7, 11) is 1.59. The zero-order chi connectivity index (χ0) is 22.2. The van der Waals surface area contributed by atoms with E-state index in [0.717, 1.165) is 23.6 Å². The third kappa shape index (κ3) is 6.05. The summed E-state index contributed by atoms with van der Waals surface area (Å²) in [5, 5.41) is 11.1. The molecule has 162 valence electrons. The molecule has 1 heterocycles. The van der Waals surface area contributed by atoms with Gasteiger partial charge in [-0.3, -0.25) is 9.36 Å². The number of anilines is 1. The molecular weight excluding hydrogens is 426 g/mol. The molecule has 1 amide bonds. The van der Waals surface area contributed by atoms with Crippen molar-refractivity contribution in [3.05, 3.63) is 72.6 Å². The molecule has 0 unspecified atom stereocenters. The molecule has 0 bridgehead atoms. The topological polar surface area (TPSA) is 78.3 Å². The lowest BCUT2D eigenvalue weighted by Gasteiger charge is -2.10. The zero-order valence-electron chi connectivity index (χ0n) is 16.7. The first-order chi connectivity index (χ1) is 15.0. The summed E-state index contributed by atoms with van der Waals surface area (Å²) in [6.45, 7) is 4.32. The summed E-state index contributed by atoms with van der Waals surface area (Å²) in [6.07, 6.45) is 1.68. The number of ether oxygens (including phenoxy) is 2. The molecule has 0 aliphatic heterocycles. The van der Waals surface area contributed by atoms with Crippen LogP contribution in [0, 0.1) is 11.6 Å². The van der Waals surface area contributed by atoms with Gasteiger partial charge in [-0.2, -0.15) is 0 Å². The Morgan fingerprint density at radius 2 is 1.94 bits per heavy atom. The van der Waals surface area contributed by atoms with Gasteiger partial charge in [0.25, 0.3) is 0 Å². The number of aromatic nitrogens is 3. The fourth-order valence-electron chi connectivity index (χ4n) is 2.57. The number of benzene rings is 2. The second-order valence-corrected chi connectivity index (χ2v) is 7.17. The SMILES string of the molecule is C=CCn1c(COc2ccc(OC)cc2)nnc1SCC(=O)Nc1ccc(F)cc1F. The maximum Gasteiger partial charge on any atom is 0.234 e. The summed E-state index contributed by atoms with van der Waals surface area (Å²) < 4.78 is 39.3. The van der Waals surface area contributed by atoms with E-state index in [0.29, 0.717) is 29.3 Å². The molecule has 0 atom stereocenters. The van der Waals surface area contributed by atoms with Gasteiger partial charge in [0.2, 0.25) is 5.91 Å². The van der Waals surface area contributed by atoms with E-state index >= 15 is 0 Å². The van der Waals surface area contributed by atoms with Crippen LogP contribution in [0.5, 0.6) is 11.5 Å². The third-order valence-corrected chi connectivity index (χ3v) is 5.04. The number of hydrogen-bond donors (Lipinski definition) is 1. The molecule has 31 heavy (non-hydrogen) atoms. The van der Waals surface area contributed by atoms with Crippen LogP contribution < -0.4 is 14.8 Å². The Labute approximate surface area is 182 Å². The van der Waals surface area contributed by atoms with Crippen LogP contribution in [-0.4, -0.2) is 33.5 Å². The number of carbonyl (C=O) groups is 1. The number of amides is 1. The van der Waals surface area contributed by atoms with Crippen LogP contribution >= 0.6 is 11.8 Å². The van der Waals surface area contributed by atoms with Gasteiger partial charge in [-0.25, -0.2) is 8.78 Å². The lowest BCUT2D eigenvalue weighted by atomic mass is 10.3. The number of carbonyl (C=O) groups excluding carboxylic acids is 1. The fraction of sp³-hybridized carbons (Fsp3) is 0.190. The predicted molar refractivity (Wildman–Crippen MR) is 113 cm³/mol. The van der Waals surface area contributed by atoms with Gasteiger partial charge in [-0.15, -0.1) is 16.8 Å². The number of rotatable bonds is 10. The molecule has 3 aromatic rings. The van der Waals surface area contributed by atoms with Gasteiger partial charge in [0, 0.05) is 12.6 Å². The van der Waals surface area contributed by atoms with Crippen molar-refractivity contribution in [3.63, 3.8) is 0 Å². The number of hydrogen-bond acceptors (Lipinski definition) is 6. The van der Waals surface area contributed by atoms with Crippen molar-refractivity contribution in [2.75, 3.05) is 18.2 Å². The molecule has 0 fully saturated rings. The Kier molecular flexibility index (Phi) is 7.60. The molecule has 1 N–H and O–H groups in total. The van der Waals surface area contributed by atoms with Crippen LogP contribution in [0.2, 0.25) is 0 Å². The molecule has 0 aliphatic rings. The van der Waals surface area contributed by atoms with E-state index in [1.165, 1.54) is 6.07 Å². The Hall–Kier alpha value is -3.40. The Bertz CT molecular complexity index is 1060. The van der Waals surface area contributed by atoms with Crippen LogP contribution in [0.1, 0.15) is 5.82 Å². The normalized spacial score (nSPS) is 10.5. The molecule has 0 radical (unpaired) electrons. The van der Waals surface area contributed by atoms with Crippen LogP contribution in [0.25, 0.3) is 0 Å². The van der Waals surface area contributed by atoms with Crippen LogP contribution in [-0.2, 0) is 17.9 Å². The third-order valence-electron chi connectivity index (χ3n) is 4.07. The molecule has 0 saturated heterocycles. The number of thioether (sulfide) groups is 1. The maximum atomic E-state index is 13.7. The first-order valence-electron chi connectivity index (χ1n) is 9.17. The molecule has 0 aliphatic carbocycles. The highest BCUT2D eigenvalue weighted by atomic mass is 32.2. The molecule has 10 heteroatoms. The highest BCUT2D eigenvalue weighted by molar-refractivity contribution is 7.99. The molecule has 0 spiro atoms. The van der Waals surface area contributed by atoms with Crippen LogP contribution in [0.4, 0.5) is 14.5 Å². The van der Waals surface area contributed by atoms with E-state index < -0.39 is 17.5 Å². The molecular formula is C21H20F2N4O3S. The minimum Gasteiger partial charge on any atom is -0.497 e. The van der Waals surface area contributed by atoms with Crippen LogP contribution in [0.3, 0.4) is 0 Å². The van der Waals surface area contributed by atoms with Gasteiger partial charge in [-0.1, -0.05) is 17.8 Å². The lowest BCUT2D eigenvalue weighted by Crippen LogP contribution is -2.16. The molecule has 3 rings (SSSR count). The number of halogens is 2. The van der Waals surface area contributed by atoms with Crippen molar-refractivity contribution < 1.29 is 23.0 Å². The number of methoxy groups -OCH3 is 1. The van der Waals surface area contributed by atoms with E-state index in [1.807, 2.05) is 0 Å². The van der Waals surface area contributed by atoms with Gasteiger partial charge in [0.15, 0.2) is 11.0 Å². The second kappa shape index (κ2) is 10.6. The Balaban J connectivity index is 1.61. The van der Waals surface area contributed by atoms with Crippen molar-refractivity contribution in [1.82, 2.24) is 14.8 Å². The van der Waals surface area contributed by atoms with E-state index in [1.54, 1.807) is 42.0 Å². The second-order valence-electron chi connectivity index (χ2n) is 6.22. The number of nitrogens with zero attached hydrogens (tertiary/aromatic N) is 3. The van der Waals surface area contributed by atoms with Gasteiger partial charge in [0.1, 0.15) is 29.7 Å². The Morgan fingerprint density at radius 1 is 1.19 bits per heavy atom. The van der Waals surface area contributed by atoms with E-state index in [4.69, 9.17) is 9.47 Å². The number of allylic oxidation sites excluding steroid dienone is 1. The highest BCUT2D eigenvalue weighted by Crippen LogP contribution is 2.21. The van der Waals surface area contributed by atoms with E-state index in [-0.39, 0.29) is 18.0 Å². The Morgan fingerprint density at radius 3 is 2.61 bits per heavy atom. The monoisotopic (exact) mass is 446 g/mol. The summed E-state index contributed by atoms with van der Waals surface area (Å²) in [5.74, 6) is -0.129. The lowest BCUT2D eigenvalue weighted by molar-refractivity contribution is -0.113. The van der Waals surface area contributed by atoms with Crippen molar-refractivity contribution in [1.29, 1.82) is 0 Å². The smallest absolute Gasteiger partial charge is 0.234 e. The zero-order valence-corrected chi connectivity index (χ0v) is 17.5. The van der Waals surface area contributed by atoms with Crippen molar-refractivity contribution >= 4 is 23.4 Å². The summed E-state index contributed by atoms with van der Waals surface area (Å²) >= 11 is 1.13. The average Bonchev–Trinajstić information content (AvgIpc) is 3.15. The van der Waals surface area contributed by atoms with Crippen molar-refractivity contribution in [2.24, 2.45) is 0 Å². The van der Waals surface area contributed by atoms with Crippen LogP contribution in [0.15, 0.2) is 60.3 Å². The molecule has 1 aromatic heterocycles. The largest absolute Gasteiger partial charge is 0.497 e. The summed E-state index contributed by atoms with van der Waals surface area (Å²) in [5.41, 5.74) is -0.0897. The highest BCUT2D eigenvalue weighted by Gasteiger charge is 2.15. The number of nitrogens with one attached hydrogen (secondary N) is 1. The molecule has 2 aromatic carbocycles. The van der Waals surface area contributed by atoms with E-state index in [9.17, 15) is 13.6 Å². The van der Waals surface area contributed by atoms with E-state index in [2.05, 4.69) is 22.1 Å². The fourth-order valence-corrected chi connectivity index (χ4v) is 3.34. The summed E-state index contributed by atoms with van der Waals surface area (Å²) in [6, 6.07) is 10.1. The first-order valence-corrected chi connectivity index (χ1v) is 10.2.